The van der Waals surface area contributed by atoms with Crippen molar-refractivity contribution in [1.29, 1.82) is 0 Å². The first-order valence-corrected chi connectivity index (χ1v) is 19.8. The number of carbonyl (C=O) groups is 4. The van der Waals surface area contributed by atoms with Gasteiger partial charge in [0.15, 0.2) is 0 Å². The van der Waals surface area contributed by atoms with Gasteiger partial charge in [-0.1, -0.05) is 99.4 Å². The number of hydrogen-bond donors (Lipinski definition) is 3. The number of aliphatic imine (C=N–C) groups is 1. The van der Waals surface area contributed by atoms with E-state index in [-0.39, 0.29) is 35.7 Å². The zero-order chi connectivity index (χ0) is 40.3. The molecule has 2 fully saturated rings. The molecule has 0 bridgehead atoms. The molecule has 3 aliphatic rings. The van der Waals surface area contributed by atoms with Gasteiger partial charge in [-0.3, -0.25) is 9.59 Å². The average Bonchev–Trinajstić information content (AvgIpc) is 4.02. The summed E-state index contributed by atoms with van der Waals surface area (Å²) in [5, 5.41) is 6.17. The van der Waals surface area contributed by atoms with Crippen LogP contribution in [0.5, 0.6) is 0 Å². The molecule has 56 heavy (non-hydrogen) atoms. The van der Waals surface area contributed by atoms with Crippen LogP contribution in [0, 0.1) is 11.8 Å². The number of rotatable bonds is 11. The Kier molecular flexibility index (Phi) is 12.7. The average molecular weight is 807 g/mol. The van der Waals surface area contributed by atoms with E-state index in [2.05, 4.69) is 15.6 Å². The number of amides is 4. The molecule has 15 heteroatoms. The van der Waals surface area contributed by atoms with E-state index in [1.54, 1.807) is 4.90 Å². The molecule has 3 aromatic rings. The first-order valence-electron chi connectivity index (χ1n) is 19.0. The minimum absolute atomic E-state index is 0.120. The summed E-state index contributed by atoms with van der Waals surface area (Å²) in [7, 11) is 2.56. The molecule has 3 aliphatic heterocycles. The number of methoxy groups -OCH3 is 2. The molecule has 6 rings (SSSR count). The summed E-state index contributed by atoms with van der Waals surface area (Å²) in [6, 6.07) is 14.2. The second-order valence-corrected chi connectivity index (χ2v) is 15.8. The third-order valence-corrected chi connectivity index (χ3v) is 11.4. The van der Waals surface area contributed by atoms with Crippen LogP contribution in [0.1, 0.15) is 77.2 Å². The minimum Gasteiger partial charge on any atom is -0.453 e. The third-order valence-electron chi connectivity index (χ3n) is 10.8. The van der Waals surface area contributed by atoms with E-state index in [4.69, 9.17) is 42.7 Å². The van der Waals surface area contributed by atoms with Gasteiger partial charge in [0.25, 0.3) is 0 Å². The van der Waals surface area contributed by atoms with Gasteiger partial charge in [0.2, 0.25) is 11.8 Å². The van der Waals surface area contributed by atoms with Crippen molar-refractivity contribution in [3.05, 3.63) is 70.2 Å². The van der Waals surface area contributed by atoms with Crippen LogP contribution in [0.2, 0.25) is 5.15 Å². The maximum Gasteiger partial charge on any atom is 0.407 e. The van der Waals surface area contributed by atoms with E-state index >= 15 is 0 Å². The minimum atomic E-state index is -0.728. The zero-order valence-corrected chi connectivity index (χ0v) is 34.0. The fraction of sp³-hybridized carbons (Fsp3) is 0.463. The van der Waals surface area contributed by atoms with E-state index in [1.165, 1.54) is 14.2 Å². The molecule has 4 heterocycles. The summed E-state index contributed by atoms with van der Waals surface area (Å²) in [5.74, 6) is 0.0123. The van der Waals surface area contributed by atoms with Crippen molar-refractivity contribution in [3.63, 3.8) is 0 Å². The van der Waals surface area contributed by atoms with Gasteiger partial charge in [0.1, 0.15) is 33.9 Å². The molecule has 13 nitrogen and oxygen atoms in total. The molecule has 4 atom stereocenters. The molecule has 0 unspecified atom stereocenters. The standard InChI is InChI=1S/C41H49Cl2N7O6/c1-22(2)32(46-40(53)55-5)38(51)49-19-7-9-30(49)29-21-28(35(42)44-29)26-15-11-24(12-16-26)25-13-17-27(18-14-25)34-36(43)48-37(45-34)31-10-8-20-50(31)39(52)33(23(3)4)47-41(54)56-6/h11-18,22-23,30-33H,7-10,19-21H2,1-6H3,(H,45,48)(H,46,53)(H,47,54)/t30-,31-,32-,33-/m0/s1. The number of nitrogens with one attached hydrogen (secondary N) is 3. The van der Waals surface area contributed by atoms with E-state index in [9.17, 15) is 19.2 Å². The van der Waals surface area contributed by atoms with Crippen LogP contribution >= 0.6 is 23.2 Å². The Bertz CT molecular complexity index is 2010. The smallest absolute Gasteiger partial charge is 0.407 e. The van der Waals surface area contributed by atoms with Gasteiger partial charge in [-0.25, -0.2) is 19.6 Å². The molecular weight excluding hydrogens is 757 g/mol. The van der Waals surface area contributed by atoms with Crippen LogP contribution in [0.25, 0.3) is 28.0 Å². The molecule has 0 aliphatic carbocycles. The first-order chi connectivity index (χ1) is 26.8. The van der Waals surface area contributed by atoms with Crippen LogP contribution in [0.3, 0.4) is 0 Å². The Morgan fingerprint density at radius 3 is 1.70 bits per heavy atom. The molecule has 298 valence electrons. The largest absolute Gasteiger partial charge is 0.453 e. The lowest BCUT2D eigenvalue weighted by molar-refractivity contribution is -0.135. The van der Waals surface area contributed by atoms with Gasteiger partial charge in [0, 0.05) is 36.4 Å². The topological polar surface area (TPSA) is 158 Å². The number of carbonyl (C=O) groups excluding carboxylic acids is 4. The molecule has 0 saturated carbocycles. The number of ether oxygens (including phenoxy) is 2. The number of halogens is 2. The third kappa shape index (κ3) is 8.58. The van der Waals surface area contributed by atoms with Crippen molar-refractivity contribution in [2.75, 3.05) is 27.3 Å². The van der Waals surface area contributed by atoms with Gasteiger partial charge in [-0.15, -0.1) is 0 Å². The number of likely N-dealkylation sites (tertiary alicyclic amines) is 2. The number of aromatic nitrogens is 2. The van der Waals surface area contributed by atoms with Crippen LogP contribution in [-0.2, 0) is 19.1 Å². The first kappa shape index (κ1) is 40.8. The summed E-state index contributed by atoms with van der Waals surface area (Å²) in [6.07, 6.45) is 2.38. The molecule has 3 N–H and O–H groups in total. The van der Waals surface area contributed by atoms with Crippen LogP contribution in [0.4, 0.5) is 9.59 Å². The fourth-order valence-corrected chi connectivity index (χ4v) is 8.28. The maximum atomic E-state index is 13.6. The highest BCUT2D eigenvalue weighted by Crippen LogP contribution is 2.38. The highest BCUT2D eigenvalue weighted by Gasteiger charge is 2.40. The Balaban J connectivity index is 1.11. The quantitative estimate of drug-likeness (QED) is 0.169. The zero-order valence-electron chi connectivity index (χ0n) is 32.5. The Labute approximate surface area is 337 Å². The molecule has 0 radical (unpaired) electrons. The summed E-state index contributed by atoms with van der Waals surface area (Å²) in [4.78, 5) is 67.5. The normalized spacial score (nSPS) is 19.4. The lowest BCUT2D eigenvalue weighted by atomic mass is 9.95. The summed E-state index contributed by atoms with van der Waals surface area (Å²) >= 11 is 13.4. The number of H-pyrrole nitrogens is 1. The van der Waals surface area contributed by atoms with Gasteiger partial charge in [-0.2, -0.15) is 0 Å². The van der Waals surface area contributed by atoms with Gasteiger partial charge >= 0.3 is 12.2 Å². The van der Waals surface area contributed by atoms with Crippen molar-refractivity contribution in [2.45, 2.75) is 84.0 Å². The summed E-state index contributed by atoms with van der Waals surface area (Å²) in [5.41, 5.74) is 6.14. The monoisotopic (exact) mass is 805 g/mol. The maximum absolute atomic E-state index is 13.6. The summed E-state index contributed by atoms with van der Waals surface area (Å²) in [6.45, 7) is 8.68. The lowest BCUT2D eigenvalue weighted by Gasteiger charge is -2.31. The van der Waals surface area contributed by atoms with E-state index in [1.807, 2.05) is 81.1 Å². The van der Waals surface area contributed by atoms with Crippen LogP contribution < -0.4 is 10.6 Å². The van der Waals surface area contributed by atoms with Crippen molar-refractivity contribution in [3.8, 4) is 22.4 Å². The second-order valence-electron chi connectivity index (χ2n) is 15.1. The van der Waals surface area contributed by atoms with Gasteiger partial charge in [-0.05, 0) is 54.2 Å². The number of aromatic amines is 1. The second kappa shape index (κ2) is 17.5. The van der Waals surface area contributed by atoms with Crippen LogP contribution in [-0.4, -0.2) is 94.9 Å². The van der Waals surface area contributed by atoms with Crippen molar-refractivity contribution < 1.29 is 28.7 Å². The van der Waals surface area contributed by atoms with Gasteiger partial charge in [0.05, 0.1) is 26.3 Å². The molecule has 1 aromatic heterocycles. The molecule has 2 aromatic carbocycles. The number of alkyl carbamates (subject to hydrolysis) is 2. The molecular formula is C41H49Cl2N7O6. The Hall–Kier alpha value is -4.88. The predicted octanol–water partition coefficient (Wildman–Crippen LogP) is 7.56. The Morgan fingerprint density at radius 1 is 0.732 bits per heavy atom. The molecule has 2 saturated heterocycles. The number of imidazole rings is 1. The molecule has 4 amide bonds. The fourth-order valence-electron chi connectivity index (χ4n) is 7.75. The summed E-state index contributed by atoms with van der Waals surface area (Å²) < 4.78 is 9.51. The van der Waals surface area contributed by atoms with Crippen molar-refractivity contribution in [2.24, 2.45) is 16.8 Å². The van der Waals surface area contributed by atoms with Crippen LogP contribution in [0.15, 0.2) is 58.7 Å². The number of allylic oxidation sites excluding steroid dienone is 1. The van der Waals surface area contributed by atoms with E-state index in [0.717, 1.165) is 59.2 Å². The number of hydrogen-bond acceptors (Lipinski definition) is 8. The highest BCUT2D eigenvalue weighted by molar-refractivity contribution is 6.35. The SMILES string of the molecule is COC(=O)N[C@H](C(=O)N1CCC[C@H]1C1=NC(Cl)=C(c2ccc(-c3ccc(-c4nc([C@@H]5CCCN5C(=O)[C@@H](NC(=O)OC)C(C)C)[nH]c4Cl)cc3)cc2)C1)C(C)C. The van der Waals surface area contributed by atoms with Crippen molar-refractivity contribution in [1.82, 2.24) is 30.4 Å². The number of benzene rings is 2. The Morgan fingerprint density at radius 2 is 1.20 bits per heavy atom. The highest BCUT2D eigenvalue weighted by atomic mass is 35.5. The predicted molar refractivity (Wildman–Crippen MR) is 216 cm³/mol. The van der Waals surface area contributed by atoms with Gasteiger partial charge < -0.3 is 34.9 Å². The van der Waals surface area contributed by atoms with E-state index < -0.39 is 24.3 Å². The lowest BCUT2D eigenvalue weighted by Crippen LogP contribution is -2.53. The molecule has 0 spiro atoms. The van der Waals surface area contributed by atoms with Crippen molar-refractivity contribution >= 4 is 58.5 Å². The van der Waals surface area contributed by atoms with E-state index in [0.29, 0.717) is 41.3 Å². The number of nitrogens with zero attached hydrogens (tertiary/aromatic N) is 4.